The van der Waals surface area contributed by atoms with Crippen molar-refractivity contribution in [1.82, 2.24) is 10.6 Å². The van der Waals surface area contributed by atoms with E-state index in [2.05, 4.69) is 10.6 Å². The fourth-order valence-corrected chi connectivity index (χ4v) is 1.60. The molecule has 0 radical (unpaired) electrons. The first-order valence-electron chi connectivity index (χ1n) is 6.76. The summed E-state index contributed by atoms with van der Waals surface area (Å²) in [6.45, 7) is 1.19. The lowest BCUT2D eigenvalue weighted by Crippen LogP contribution is -2.32. The van der Waals surface area contributed by atoms with E-state index in [1.807, 2.05) is 0 Å². The molecule has 0 aliphatic carbocycles. The molecular weight excluding hydrogens is 296 g/mol. The lowest BCUT2D eigenvalue weighted by Gasteiger charge is -1.99. The van der Waals surface area contributed by atoms with Crippen LogP contribution in [0.2, 0.25) is 0 Å². The first kappa shape index (κ1) is 19.8. The van der Waals surface area contributed by atoms with Gasteiger partial charge < -0.3 is 32.3 Å². The number of aliphatic carboxylic acids is 2. The summed E-state index contributed by atoms with van der Waals surface area (Å²) in [6.07, 6.45) is 1.54. The first-order valence-corrected chi connectivity index (χ1v) is 6.76. The third-order valence-electron chi connectivity index (χ3n) is 2.75. The maximum Gasteiger partial charge on any atom is 0.326 e. The zero-order valence-electron chi connectivity index (χ0n) is 12.1. The van der Waals surface area contributed by atoms with Crippen molar-refractivity contribution in [2.75, 3.05) is 13.1 Å². The summed E-state index contributed by atoms with van der Waals surface area (Å²) in [6, 6.07) is -1.28. The van der Waals surface area contributed by atoms with Crippen molar-refractivity contribution in [2.24, 2.45) is 11.5 Å². The number of rotatable bonds is 3. The molecule has 2 unspecified atom stereocenters. The Kier molecular flexibility index (Phi) is 9.46. The SMILES string of the molecule is NCCN.O=C1CCC(C(=O)O)N1.O=C1CCC(C(=O)O)N1. The van der Waals surface area contributed by atoms with Crippen molar-refractivity contribution in [3.05, 3.63) is 0 Å². The van der Waals surface area contributed by atoms with Gasteiger partial charge in [0, 0.05) is 25.9 Å². The van der Waals surface area contributed by atoms with Gasteiger partial charge in [-0.25, -0.2) is 9.59 Å². The van der Waals surface area contributed by atoms with Crippen molar-refractivity contribution in [3.63, 3.8) is 0 Å². The van der Waals surface area contributed by atoms with Crippen molar-refractivity contribution >= 4 is 23.8 Å². The Hall–Kier alpha value is -2.20. The highest BCUT2D eigenvalue weighted by Gasteiger charge is 2.26. The number of nitrogens with one attached hydrogen (secondary N) is 2. The Morgan fingerprint density at radius 2 is 1.23 bits per heavy atom. The van der Waals surface area contributed by atoms with E-state index in [4.69, 9.17) is 21.7 Å². The summed E-state index contributed by atoms with van der Waals surface area (Å²) >= 11 is 0. The van der Waals surface area contributed by atoms with Gasteiger partial charge in [0.1, 0.15) is 12.1 Å². The number of nitrogens with two attached hydrogens (primary N) is 2. The van der Waals surface area contributed by atoms with Crippen molar-refractivity contribution in [3.8, 4) is 0 Å². The second-order valence-electron chi connectivity index (χ2n) is 4.57. The number of carboxylic acid groups (broad SMARTS) is 2. The van der Waals surface area contributed by atoms with E-state index in [9.17, 15) is 19.2 Å². The highest BCUT2D eigenvalue weighted by Crippen LogP contribution is 2.05. The monoisotopic (exact) mass is 318 g/mol. The van der Waals surface area contributed by atoms with Gasteiger partial charge in [-0.05, 0) is 12.8 Å². The van der Waals surface area contributed by atoms with E-state index in [1.54, 1.807) is 0 Å². The van der Waals surface area contributed by atoms with Gasteiger partial charge in [-0.1, -0.05) is 0 Å². The van der Waals surface area contributed by atoms with Gasteiger partial charge in [0.05, 0.1) is 0 Å². The van der Waals surface area contributed by atoms with Crippen LogP contribution in [0.25, 0.3) is 0 Å². The van der Waals surface area contributed by atoms with E-state index >= 15 is 0 Å². The summed E-state index contributed by atoms with van der Waals surface area (Å²) in [7, 11) is 0. The average Bonchev–Trinajstić information content (AvgIpc) is 3.08. The second-order valence-corrected chi connectivity index (χ2v) is 4.57. The molecule has 22 heavy (non-hydrogen) atoms. The summed E-state index contributed by atoms with van der Waals surface area (Å²) in [4.78, 5) is 41.0. The largest absolute Gasteiger partial charge is 0.480 e. The fourth-order valence-electron chi connectivity index (χ4n) is 1.60. The summed E-state index contributed by atoms with van der Waals surface area (Å²) in [5.74, 6) is -2.22. The lowest BCUT2D eigenvalue weighted by molar-refractivity contribution is -0.140. The molecule has 2 atom stereocenters. The standard InChI is InChI=1S/2C5H7NO3.C2H8N2/c2*7-4-2-1-3(6-4)5(8)9;3-1-2-4/h2*3H,1-2H2,(H,6,7)(H,8,9);1-4H2. The van der Waals surface area contributed by atoms with E-state index in [1.165, 1.54) is 0 Å². The molecular formula is C12H22N4O6. The Labute approximate surface area is 127 Å². The molecule has 0 aromatic carbocycles. The Balaban J connectivity index is 0.000000326. The summed E-state index contributed by atoms with van der Waals surface area (Å²) in [5.41, 5.74) is 9.81. The zero-order chi connectivity index (χ0) is 17.1. The van der Waals surface area contributed by atoms with Crippen LogP contribution in [0.3, 0.4) is 0 Å². The molecule has 0 saturated carbocycles. The second kappa shape index (κ2) is 10.5. The molecule has 2 aliphatic rings. The van der Waals surface area contributed by atoms with Crippen LogP contribution in [0.15, 0.2) is 0 Å². The topological polar surface area (TPSA) is 185 Å². The minimum absolute atomic E-state index is 0.164. The molecule has 0 spiro atoms. The minimum atomic E-state index is -0.944. The predicted molar refractivity (Wildman–Crippen MR) is 75.7 cm³/mol. The van der Waals surface area contributed by atoms with Gasteiger partial charge in [-0.15, -0.1) is 0 Å². The number of hydrogen-bond acceptors (Lipinski definition) is 6. The van der Waals surface area contributed by atoms with Crippen LogP contribution in [0.1, 0.15) is 25.7 Å². The van der Waals surface area contributed by atoms with E-state index in [0.29, 0.717) is 38.8 Å². The third-order valence-corrected chi connectivity index (χ3v) is 2.75. The van der Waals surface area contributed by atoms with Crippen LogP contribution in [0, 0.1) is 0 Å². The lowest BCUT2D eigenvalue weighted by atomic mass is 10.2. The van der Waals surface area contributed by atoms with Crippen molar-refractivity contribution in [1.29, 1.82) is 0 Å². The van der Waals surface area contributed by atoms with Crippen LogP contribution < -0.4 is 22.1 Å². The fraction of sp³-hybridized carbons (Fsp3) is 0.667. The van der Waals surface area contributed by atoms with Crippen LogP contribution in [-0.2, 0) is 19.2 Å². The number of carbonyl (C=O) groups excluding carboxylic acids is 2. The quantitative estimate of drug-likeness (QED) is 0.332. The van der Waals surface area contributed by atoms with Gasteiger partial charge in [0.2, 0.25) is 11.8 Å². The normalized spacial score (nSPS) is 22.5. The molecule has 2 rings (SSSR count). The molecule has 0 aromatic rings. The molecule has 2 saturated heterocycles. The van der Waals surface area contributed by atoms with E-state index < -0.39 is 24.0 Å². The highest BCUT2D eigenvalue weighted by molar-refractivity contribution is 5.87. The number of carbonyl (C=O) groups is 4. The first-order chi connectivity index (χ1) is 10.3. The number of hydrogen-bond donors (Lipinski definition) is 6. The molecule has 0 aromatic heterocycles. The van der Waals surface area contributed by atoms with Crippen LogP contribution in [0.4, 0.5) is 0 Å². The molecule has 2 heterocycles. The van der Waals surface area contributed by atoms with Gasteiger partial charge in [-0.3, -0.25) is 9.59 Å². The highest BCUT2D eigenvalue weighted by atomic mass is 16.4. The van der Waals surface area contributed by atoms with Gasteiger partial charge in [0.15, 0.2) is 0 Å². The maximum atomic E-state index is 10.4. The van der Waals surface area contributed by atoms with Gasteiger partial charge in [0.25, 0.3) is 0 Å². The molecule has 10 heteroatoms. The molecule has 8 N–H and O–H groups in total. The smallest absolute Gasteiger partial charge is 0.326 e. The number of amides is 2. The van der Waals surface area contributed by atoms with Crippen LogP contribution in [-0.4, -0.2) is 59.1 Å². The summed E-state index contributed by atoms with van der Waals surface area (Å²) < 4.78 is 0. The Morgan fingerprint density at radius 1 is 0.909 bits per heavy atom. The molecule has 2 amide bonds. The van der Waals surface area contributed by atoms with Crippen LogP contribution >= 0.6 is 0 Å². The van der Waals surface area contributed by atoms with Crippen LogP contribution in [0.5, 0.6) is 0 Å². The van der Waals surface area contributed by atoms with Gasteiger partial charge in [-0.2, -0.15) is 0 Å². The van der Waals surface area contributed by atoms with E-state index in [0.717, 1.165) is 0 Å². The maximum absolute atomic E-state index is 10.4. The summed E-state index contributed by atoms with van der Waals surface area (Å²) in [5, 5.41) is 21.3. The van der Waals surface area contributed by atoms with Gasteiger partial charge >= 0.3 is 11.9 Å². The van der Waals surface area contributed by atoms with Crippen molar-refractivity contribution < 1.29 is 29.4 Å². The zero-order valence-corrected chi connectivity index (χ0v) is 12.1. The molecule has 2 fully saturated rings. The van der Waals surface area contributed by atoms with Crippen molar-refractivity contribution in [2.45, 2.75) is 37.8 Å². The molecule has 2 aliphatic heterocycles. The Morgan fingerprint density at radius 3 is 1.32 bits per heavy atom. The Bertz CT molecular complexity index is 376. The predicted octanol–water partition coefficient (Wildman–Crippen LogP) is -2.40. The molecule has 126 valence electrons. The molecule has 0 bridgehead atoms. The van der Waals surface area contributed by atoms with E-state index in [-0.39, 0.29) is 11.8 Å². The molecule has 10 nitrogen and oxygen atoms in total. The average molecular weight is 318 g/mol. The third kappa shape index (κ3) is 8.17. The minimum Gasteiger partial charge on any atom is -0.480 e. The number of carboxylic acids is 2.